The summed E-state index contributed by atoms with van der Waals surface area (Å²) in [6, 6.07) is 6.35. The van der Waals surface area contributed by atoms with Crippen LogP contribution in [0.15, 0.2) is 29.2 Å². The van der Waals surface area contributed by atoms with Gasteiger partial charge in [0, 0.05) is 0 Å². The third kappa shape index (κ3) is 3.92. The summed E-state index contributed by atoms with van der Waals surface area (Å²) < 4.78 is 28.9. The molecule has 0 fully saturated rings. The fourth-order valence-corrected chi connectivity index (χ4v) is 2.61. The van der Waals surface area contributed by atoms with Crippen LogP contribution in [0, 0.1) is 6.92 Å². The maximum absolute atomic E-state index is 12.0. The molecule has 0 spiro atoms. The first kappa shape index (κ1) is 14.9. The van der Waals surface area contributed by atoms with Crippen molar-refractivity contribution in [1.29, 1.82) is 0 Å². The molecule has 0 aromatic heterocycles. The number of Topliss-reactive ketones (excluding diaryl/α,β-unsaturated/α-hetero) is 1. The predicted octanol–water partition coefficient (Wildman–Crippen LogP) is 2.46. The minimum Gasteiger partial charge on any atom is -0.297 e. The van der Waals surface area contributed by atoms with Gasteiger partial charge in [-0.25, -0.2) is 0 Å². The molecule has 1 rings (SSSR count). The lowest BCUT2D eigenvalue weighted by molar-refractivity contribution is -0.123. The smallest absolute Gasteiger partial charge is 0.297 e. The number of benzene rings is 1. The van der Waals surface area contributed by atoms with Gasteiger partial charge in [-0.15, -0.1) is 0 Å². The molecule has 0 N–H and O–H groups in total. The Morgan fingerprint density at radius 1 is 1.28 bits per heavy atom. The molecule has 0 heterocycles. The average Bonchev–Trinajstić information content (AvgIpc) is 2.28. The van der Waals surface area contributed by atoms with Gasteiger partial charge in [-0.1, -0.05) is 31.0 Å². The number of hydrogen-bond acceptors (Lipinski definition) is 4. The van der Waals surface area contributed by atoms with E-state index in [1.807, 2.05) is 13.8 Å². The Labute approximate surface area is 108 Å². The van der Waals surface area contributed by atoms with Gasteiger partial charge in [0.15, 0.2) is 5.78 Å². The standard InChI is InChI=1S/C13H18O4S/c1-4-5-13(11(3)14)17-18(15,16)12-8-6-10(2)7-9-12/h6-9,13H,4-5H2,1-3H3. The van der Waals surface area contributed by atoms with E-state index >= 15 is 0 Å². The van der Waals surface area contributed by atoms with Gasteiger partial charge >= 0.3 is 0 Å². The molecule has 0 aliphatic rings. The van der Waals surface area contributed by atoms with E-state index in [0.29, 0.717) is 12.8 Å². The second-order valence-electron chi connectivity index (χ2n) is 4.25. The Morgan fingerprint density at radius 3 is 2.28 bits per heavy atom. The summed E-state index contributed by atoms with van der Waals surface area (Å²) >= 11 is 0. The van der Waals surface area contributed by atoms with Crippen LogP contribution in [0.25, 0.3) is 0 Å². The van der Waals surface area contributed by atoms with Gasteiger partial charge in [-0.3, -0.25) is 8.98 Å². The first-order valence-electron chi connectivity index (χ1n) is 5.87. The van der Waals surface area contributed by atoms with Gasteiger partial charge in [0.25, 0.3) is 10.1 Å². The molecule has 0 saturated heterocycles. The first-order valence-corrected chi connectivity index (χ1v) is 7.28. The number of aryl methyl sites for hydroxylation is 1. The van der Waals surface area contributed by atoms with E-state index in [1.165, 1.54) is 19.1 Å². The summed E-state index contributed by atoms with van der Waals surface area (Å²) in [5.74, 6) is -0.271. The molecule has 1 unspecified atom stereocenters. The summed E-state index contributed by atoms with van der Waals surface area (Å²) in [6.07, 6.45) is 0.204. The second-order valence-corrected chi connectivity index (χ2v) is 5.82. The van der Waals surface area contributed by atoms with Crippen LogP contribution in [0.4, 0.5) is 0 Å². The van der Waals surface area contributed by atoms with E-state index < -0.39 is 16.2 Å². The van der Waals surface area contributed by atoms with Crippen molar-refractivity contribution in [2.24, 2.45) is 0 Å². The molecule has 0 saturated carbocycles. The van der Waals surface area contributed by atoms with Crippen molar-refractivity contribution >= 4 is 15.9 Å². The first-order chi connectivity index (χ1) is 8.36. The highest BCUT2D eigenvalue weighted by molar-refractivity contribution is 7.86. The molecule has 4 nitrogen and oxygen atoms in total. The van der Waals surface area contributed by atoms with Crippen LogP contribution >= 0.6 is 0 Å². The SMILES string of the molecule is CCCC(OS(=O)(=O)c1ccc(C)cc1)C(C)=O. The molecular weight excluding hydrogens is 252 g/mol. The number of hydrogen-bond donors (Lipinski definition) is 0. The van der Waals surface area contributed by atoms with Crippen LogP contribution in [0.3, 0.4) is 0 Å². The summed E-state index contributed by atoms with van der Waals surface area (Å²) in [4.78, 5) is 11.4. The molecule has 0 aliphatic carbocycles. The molecule has 100 valence electrons. The van der Waals surface area contributed by atoms with Crippen LogP contribution in [0.2, 0.25) is 0 Å². The Balaban J connectivity index is 2.93. The molecule has 0 radical (unpaired) electrons. The van der Waals surface area contributed by atoms with Gasteiger partial charge in [0.05, 0.1) is 4.90 Å². The monoisotopic (exact) mass is 270 g/mol. The molecule has 1 atom stereocenters. The Kier molecular flexibility index (Phi) is 5.04. The van der Waals surface area contributed by atoms with E-state index in [0.717, 1.165) is 5.56 Å². The van der Waals surface area contributed by atoms with Crippen LogP contribution in [-0.4, -0.2) is 20.3 Å². The maximum atomic E-state index is 12.0. The highest BCUT2D eigenvalue weighted by Crippen LogP contribution is 2.17. The van der Waals surface area contributed by atoms with Crippen molar-refractivity contribution < 1.29 is 17.4 Å². The van der Waals surface area contributed by atoms with Gasteiger partial charge < -0.3 is 0 Å². The van der Waals surface area contributed by atoms with Crippen molar-refractivity contribution in [3.63, 3.8) is 0 Å². The molecule has 0 bridgehead atoms. The van der Waals surface area contributed by atoms with E-state index in [9.17, 15) is 13.2 Å². The van der Waals surface area contributed by atoms with Crippen LogP contribution in [0.1, 0.15) is 32.3 Å². The number of ketones is 1. The summed E-state index contributed by atoms with van der Waals surface area (Å²) in [6.45, 7) is 5.08. The minimum atomic E-state index is -3.86. The normalized spacial score (nSPS) is 13.3. The largest absolute Gasteiger partial charge is 0.297 e. The Morgan fingerprint density at radius 2 is 1.83 bits per heavy atom. The van der Waals surface area contributed by atoms with Gasteiger partial charge in [-0.05, 0) is 32.4 Å². The second kappa shape index (κ2) is 6.11. The van der Waals surface area contributed by atoms with Crippen molar-refractivity contribution in [2.75, 3.05) is 0 Å². The number of rotatable bonds is 6. The van der Waals surface area contributed by atoms with Crippen molar-refractivity contribution in [1.82, 2.24) is 0 Å². The van der Waals surface area contributed by atoms with Crippen molar-refractivity contribution in [3.8, 4) is 0 Å². The summed E-state index contributed by atoms with van der Waals surface area (Å²) in [7, 11) is -3.86. The fraction of sp³-hybridized carbons (Fsp3) is 0.462. The fourth-order valence-electron chi connectivity index (χ4n) is 1.49. The van der Waals surface area contributed by atoms with E-state index in [-0.39, 0.29) is 10.7 Å². The van der Waals surface area contributed by atoms with Gasteiger partial charge in [0.1, 0.15) is 6.10 Å². The maximum Gasteiger partial charge on any atom is 0.297 e. The zero-order chi connectivity index (χ0) is 13.8. The number of carbonyl (C=O) groups excluding carboxylic acids is 1. The lowest BCUT2D eigenvalue weighted by Crippen LogP contribution is -2.25. The molecule has 5 heteroatoms. The Bertz CT molecular complexity index is 502. The quantitative estimate of drug-likeness (QED) is 0.745. The summed E-state index contributed by atoms with van der Waals surface area (Å²) in [5, 5.41) is 0. The Hall–Kier alpha value is -1.20. The highest BCUT2D eigenvalue weighted by atomic mass is 32.2. The zero-order valence-electron chi connectivity index (χ0n) is 10.8. The van der Waals surface area contributed by atoms with Crippen molar-refractivity contribution in [3.05, 3.63) is 29.8 Å². The lowest BCUT2D eigenvalue weighted by atomic mass is 10.1. The van der Waals surface area contributed by atoms with E-state index in [1.54, 1.807) is 12.1 Å². The predicted molar refractivity (Wildman–Crippen MR) is 68.8 cm³/mol. The molecule has 0 amide bonds. The number of carbonyl (C=O) groups is 1. The molecule has 1 aromatic carbocycles. The molecular formula is C13H18O4S. The highest BCUT2D eigenvalue weighted by Gasteiger charge is 2.24. The topological polar surface area (TPSA) is 60.4 Å². The average molecular weight is 270 g/mol. The van der Waals surface area contributed by atoms with Crippen molar-refractivity contribution in [2.45, 2.75) is 44.6 Å². The van der Waals surface area contributed by atoms with E-state index in [2.05, 4.69) is 0 Å². The molecule has 0 aliphatic heterocycles. The summed E-state index contributed by atoms with van der Waals surface area (Å²) in [5.41, 5.74) is 0.964. The zero-order valence-corrected chi connectivity index (χ0v) is 11.7. The minimum absolute atomic E-state index is 0.0791. The third-order valence-corrected chi connectivity index (χ3v) is 3.89. The lowest BCUT2D eigenvalue weighted by Gasteiger charge is -2.14. The third-order valence-electron chi connectivity index (χ3n) is 2.56. The van der Waals surface area contributed by atoms with Gasteiger partial charge in [0.2, 0.25) is 0 Å². The van der Waals surface area contributed by atoms with Crippen LogP contribution in [-0.2, 0) is 19.1 Å². The van der Waals surface area contributed by atoms with Gasteiger partial charge in [-0.2, -0.15) is 8.42 Å². The van der Waals surface area contributed by atoms with Crippen LogP contribution < -0.4 is 0 Å². The van der Waals surface area contributed by atoms with E-state index in [4.69, 9.17) is 4.18 Å². The molecule has 1 aromatic rings. The molecule has 18 heavy (non-hydrogen) atoms. The van der Waals surface area contributed by atoms with Crippen LogP contribution in [0.5, 0.6) is 0 Å².